The van der Waals surface area contributed by atoms with Crippen molar-refractivity contribution in [2.24, 2.45) is 14.1 Å². The number of hydrogen-bond donors (Lipinski definition) is 2. The van der Waals surface area contributed by atoms with Gasteiger partial charge < -0.3 is 19.7 Å². The average Bonchev–Trinajstić information content (AvgIpc) is 3.36. The van der Waals surface area contributed by atoms with Crippen LogP contribution in [0.5, 0.6) is 0 Å². The van der Waals surface area contributed by atoms with Crippen LogP contribution in [0.3, 0.4) is 0 Å². The summed E-state index contributed by atoms with van der Waals surface area (Å²) in [5.74, 6) is -1.98. The highest BCUT2D eigenvalue weighted by Gasteiger charge is 2.41. The molecule has 1 aliphatic rings. The highest BCUT2D eigenvalue weighted by Crippen LogP contribution is 2.22. The number of imide groups is 1. The van der Waals surface area contributed by atoms with Crippen LogP contribution >= 0.6 is 0 Å². The molecule has 37 heavy (non-hydrogen) atoms. The molecule has 0 spiro atoms. The molecule has 0 radical (unpaired) electrons. The van der Waals surface area contributed by atoms with Crippen molar-refractivity contribution in [3.63, 3.8) is 0 Å². The predicted molar refractivity (Wildman–Crippen MR) is 136 cm³/mol. The van der Waals surface area contributed by atoms with Crippen molar-refractivity contribution in [2.45, 2.75) is 64.6 Å². The lowest BCUT2D eigenvalue weighted by atomic mass is 9.99. The van der Waals surface area contributed by atoms with Crippen molar-refractivity contribution in [2.75, 3.05) is 6.54 Å². The van der Waals surface area contributed by atoms with Crippen LogP contribution in [0.25, 0.3) is 11.1 Å². The third-order valence-electron chi connectivity index (χ3n) is 6.41. The quantitative estimate of drug-likeness (QED) is 0.592. The SMILES string of the molecule is Cc1c(-c2ccc(C[C@@H](C(=O)O)N(C(=O)OC(C)(C)C)C(=O)[C@@H]3CCCN3)cc2)c(=O)n(C)c(=O)n1C. The first kappa shape index (κ1) is 27.9. The molecule has 2 aromatic rings. The first-order chi connectivity index (χ1) is 17.2. The Hall–Kier alpha value is -3.73. The van der Waals surface area contributed by atoms with Gasteiger partial charge in [0.25, 0.3) is 5.56 Å². The number of hydrogen-bond acceptors (Lipinski definition) is 7. The topological polar surface area (TPSA) is 140 Å². The van der Waals surface area contributed by atoms with Crippen molar-refractivity contribution in [1.82, 2.24) is 19.4 Å². The molecule has 3 rings (SSSR count). The van der Waals surface area contributed by atoms with Crippen LogP contribution in [-0.2, 0) is 34.8 Å². The van der Waals surface area contributed by atoms with Crippen molar-refractivity contribution in [3.05, 3.63) is 56.4 Å². The standard InChI is InChI=1S/C26H34N4O7/c1-15-20(22(32)29(6)24(35)28(15)5)17-11-9-16(10-12-17)14-19(23(33)34)30(25(36)37-26(2,3)4)21(31)18-8-7-13-27-18/h9-12,18-19,27H,7-8,13-14H2,1-6H3,(H,33,34)/t18-,19-/m0/s1. The van der Waals surface area contributed by atoms with E-state index in [1.165, 1.54) is 11.6 Å². The Morgan fingerprint density at radius 3 is 2.27 bits per heavy atom. The van der Waals surface area contributed by atoms with Crippen molar-refractivity contribution in [3.8, 4) is 11.1 Å². The van der Waals surface area contributed by atoms with Gasteiger partial charge in [0.2, 0.25) is 5.91 Å². The number of carbonyl (C=O) groups is 3. The van der Waals surface area contributed by atoms with Gasteiger partial charge in [-0.25, -0.2) is 19.3 Å². The van der Waals surface area contributed by atoms with Crippen LogP contribution in [-0.4, -0.2) is 61.3 Å². The first-order valence-electron chi connectivity index (χ1n) is 12.1. The van der Waals surface area contributed by atoms with Crippen LogP contribution < -0.4 is 16.6 Å². The Kier molecular flexibility index (Phi) is 8.06. The van der Waals surface area contributed by atoms with Gasteiger partial charge in [0, 0.05) is 26.2 Å². The number of ether oxygens (including phenoxy) is 1. The molecule has 0 aliphatic carbocycles. The fourth-order valence-corrected chi connectivity index (χ4v) is 4.34. The molecule has 2 heterocycles. The van der Waals surface area contributed by atoms with E-state index in [-0.39, 0.29) is 6.42 Å². The van der Waals surface area contributed by atoms with Gasteiger partial charge in [-0.2, -0.15) is 0 Å². The fraction of sp³-hybridized carbons (Fsp3) is 0.500. The van der Waals surface area contributed by atoms with Gasteiger partial charge in [0.05, 0.1) is 11.6 Å². The Morgan fingerprint density at radius 1 is 1.14 bits per heavy atom. The second kappa shape index (κ2) is 10.7. The van der Waals surface area contributed by atoms with E-state index in [9.17, 15) is 29.1 Å². The number of aliphatic carboxylic acids is 1. The monoisotopic (exact) mass is 514 g/mol. The molecule has 2 amide bonds. The highest BCUT2D eigenvalue weighted by atomic mass is 16.6. The van der Waals surface area contributed by atoms with Crippen LogP contribution in [0.4, 0.5) is 4.79 Å². The maximum atomic E-state index is 13.2. The molecule has 11 nitrogen and oxygen atoms in total. The molecule has 1 fully saturated rings. The van der Waals surface area contributed by atoms with Crippen LogP contribution in [0.2, 0.25) is 0 Å². The van der Waals surface area contributed by atoms with Crippen molar-refractivity contribution < 1.29 is 24.2 Å². The van der Waals surface area contributed by atoms with Gasteiger partial charge in [-0.3, -0.25) is 14.2 Å². The molecular weight excluding hydrogens is 480 g/mol. The third-order valence-corrected chi connectivity index (χ3v) is 6.41. The summed E-state index contributed by atoms with van der Waals surface area (Å²) in [7, 11) is 2.98. The maximum Gasteiger partial charge on any atom is 0.417 e. The van der Waals surface area contributed by atoms with E-state index in [4.69, 9.17) is 4.74 Å². The zero-order valence-electron chi connectivity index (χ0n) is 22.0. The van der Waals surface area contributed by atoms with Crippen LogP contribution in [0, 0.1) is 6.92 Å². The number of aromatic nitrogens is 2. The molecule has 2 atom stereocenters. The van der Waals surface area contributed by atoms with Gasteiger partial charge in [0.1, 0.15) is 11.6 Å². The molecular formula is C26H34N4O7. The molecule has 200 valence electrons. The fourth-order valence-electron chi connectivity index (χ4n) is 4.34. The molecule has 1 aromatic heterocycles. The summed E-state index contributed by atoms with van der Waals surface area (Å²) in [6.07, 6.45) is 0.0614. The summed E-state index contributed by atoms with van der Waals surface area (Å²) in [6.45, 7) is 7.19. The normalized spacial score (nSPS) is 16.3. The lowest BCUT2D eigenvalue weighted by molar-refractivity contribution is -0.150. The van der Waals surface area contributed by atoms with E-state index in [1.807, 2.05) is 0 Å². The second-order valence-corrected chi connectivity index (χ2v) is 10.3. The predicted octanol–water partition coefficient (Wildman–Crippen LogP) is 1.57. The van der Waals surface area contributed by atoms with Crippen LogP contribution in [0.15, 0.2) is 33.9 Å². The molecule has 2 N–H and O–H groups in total. The van der Waals surface area contributed by atoms with E-state index in [0.29, 0.717) is 40.2 Å². The number of nitrogens with one attached hydrogen (secondary N) is 1. The lowest BCUT2D eigenvalue weighted by Crippen LogP contribution is -2.56. The van der Waals surface area contributed by atoms with E-state index in [2.05, 4.69) is 5.32 Å². The van der Waals surface area contributed by atoms with Crippen LogP contribution in [0.1, 0.15) is 44.9 Å². The number of carbonyl (C=O) groups excluding carboxylic acids is 2. The minimum absolute atomic E-state index is 0.155. The summed E-state index contributed by atoms with van der Waals surface area (Å²) >= 11 is 0. The Labute approximate surface area is 214 Å². The summed E-state index contributed by atoms with van der Waals surface area (Å²) in [5, 5.41) is 13.1. The minimum Gasteiger partial charge on any atom is -0.480 e. The summed E-state index contributed by atoms with van der Waals surface area (Å²) in [6, 6.07) is 4.42. The highest BCUT2D eigenvalue weighted by molar-refractivity contribution is 5.99. The number of benzene rings is 1. The first-order valence-corrected chi connectivity index (χ1v) is 12.1. The Morgan fingerprint density at radius 2 is 1.76 bits per heavy atom. The zero-order chi connectivity index (χ0) is 27.7. The van der Waals surface area contributed by atoms with Gasteiger partial charge >= 0.3 is 17.8 Å². The zero-order valence-corrected chi connectivity index (χ0v) is 22.0. The molecule has 1 aliphatic heterocycles. The minimum atomic E-state index is -1.50. The summed E-state index contributed by atoms with van der Waals surface area (Å²) in [4.78, 5) is 64.2. The maximum absolute atomic E-state index is 13.2. The van der Waals surface area contributed by atoms with Crippen molar-refractivity contribution >= 4 is 18.0 Å². The number of amides is 2. The van der Waals surface area contributed by atoms with E-state index in [0.717, 1.165) is 11.0 Å². The Balaban J connectivity index is 1.96. The number of carboxylic acids is 1. The molecule has 11 heteroatoms. The summed E-state index contributed by atoms with van der Waals surface area (Å²) in [5.41, 5.74) is 0.136. The van der Waals surface area contributed by atoms with Gasteiger partial charge in [-0.05, 0) is 58.2 Å². The van der Waals surface area contributed by atoms with Gasteiger partial charge in [-0.15, -0.1) is 0 Å². The molecule has 0 unspecified atom stereocenters. The van der Waals surface area contributed by atoms with E-state index in [1.54, 1.807) is 59.0 Å². The van der Waals surface area contributed by atoms with Crippen molar-refractivity contribution in [1.29, 1.82) is 0 Å². The molecule has 1 saturated heterocycles. The largest absolute Gasteiger partial charge is 0.480 e. The number of nitrogens with zero attached hydrogens (tertiary/aromatic N) is 3. The molecule has 1 aromatic carbocycles. The molecule has 0 saturated carbocycles. The smallest absolute Gasteiger partial charge is 0.417 e. The van der Waals surface area contributed by atoms with E-state index >= 15 is 0 Å². The van der Waals surface area contributed by atoms with Gasteiger partial charge in [-0.1, -0.05) is 24.3 Å². The lowest BCUT2D eigenvalue weighted by Gasteiger charge is -2.31. The second-order valence-electron chi connectivity index (χ2n) is 10.3. The van der Waals surface area contributed by atoms with E-state index < -0.39 is 46.9 Å². The number of rotatable bonds is 6. The Bertz CT molecular complexity index is 1310. The third kappa shape index (κ3) is 5.99. The number of carboxylic acid groups (broad SMARTS) is 1. The molecule has 0 bridgehead atoms. The van der Waals surface area contributed by atoms with Gasteiger partial charge in [0.15, 0.2) is 0 Å². The summed E-state index contributed by atoms with van der Waals surface area (Å²) < 4.78 is 7.80. The average molecular weight is 515 g/mol.